The van der Waals surface area contributed by atoms with Gasteiger partial charge in [0.15, 0.2) is 0 Å². The molecule has 0 aliphatic rings. The third-order valence-electron chi connectivity index (χ3n) is 3.01. The lowest BCUT2D eigenvalue weighted by atomic mass is 10.1. The van der Waals surface area contributed by atoms with Crippen molar-refractivity contribution < 1.29 is 0 Å². The fourth-order valence-electron chi connectivity index (χ4n) is 2.01. The van der Waals surface area contributed by atoms with Gasteiger partial charge in [-0.05, 0) is 43.2 Å². The Balaban J connectivity index is 2.56. The molecule has 2 heterocycles. The number of benzene rings is 1. The van der Waals surface area contributed by atoms with E-state index >= 15 is 0 Å². The molecule has 0 fully saturated rings. The molecule has 15 heavy (non-hydrogen) atoms. The van der Waals surface area contributed by atoms with Crippen LogP contribution in [0.1, 0.15) is 11.1 Å². The molecular formula is C13H12N2. The average molecular weight is 196 g/mol. The number of hydrogen-bond donors (Lipinski definition) is 1. The Morgan fingerprint density at radius 3 is 2.67 bits per heavy atom. The molecule has 0 aliphatic carbocycles. The highest BCUT2D eigenvalue weighted by atomic mass is 14.7. The van der Waals surface area contributed by atoms with Gasteiger partial charge >= 0.3 is 0 Å². The molecule has 1 N–H and O–H groups in total. The first kappa shape index (κ1) is 8.48. The number of nitrogens with zero attached hydrogens (tertiary/aromatic N) is 1. The molecule has 0 spiro atoms. The minimum atomic E-state index is 1.16. The van der Waals surface area contributed by atoms with Gasteiger partial charge in [-0.15, -0.1) is 0 Å². The van der Waals surface area contributed by atoms with Crippen molar-refractivity contribution in [3.05, 3.63) is 41.7 Å². The zero-order chi connectivity index (χ0) is 10.4. The Kier molecular flexibility index (Phi) is 1.60. The van der Waals surface area contributed by atoms with E-state index in [2.05, 4.69) is 35.9 Å². The summed E-state index contributed by atoms with van der Waals surface area (Å²) in [6, 6.07) is 6.44. The molecule has 0 saturated carbocycles. The van der Waals surface area contributed by atoms with Crippen LogP contribution in [-0.4, -0.2) is 9.97 Å². The van der Waals surface area contributed by atoms with Crippen LogP contribution >= 0.6 is 0 Å². The Hall–Kier alpha value is -1.83. The quantitative estimate of drug-likeness (QED) is 0.587. The molecule has 0 radical (unpaired) electrons. The molecule has 0 saturated heterocycles. The number of aromatic nitrogens is 2. The number of hydrogen-bond acceptors (Lipinski definition) is 1. The molecule has 0 aliphatic heterocycles. The summed E-state index contributed by atoms with van der Waals surface area (Å²) in [4.78, 5) is 7.57. The molecule has 1 aromatic carbocycles. The summed E-state index contributed by atoms with van der Waals surface area (Å²) >= 11 is 0. The van der Waals surface area contributed by atoms with E-state index in [0.717, 1.165) is 5.52 Å². The number of nitrogens with one attached hydrogen (secondary N) is 1. The average Bonchev–Trinajstić information content (AvgIpc) is 2.57. The van der Waals surface area contributed by atoms with Crippen molar-refractivity contribution in [2.75, 3.05) is 0 Å². The van der Waals surface area contributed by atoms with Crippen molar-refractivity contribution in [2.24, 2.45) is 0 Å². The Bertz CT molecular complexity index is 650. The van der Waals surface area contributed by atoms with Crippen LogP contribution in [0.3, 0.4) is 0 Å². The molecule has 0 amide bonds. The topological polar surface area (TPSA) is 28.7 Å². The minimum absolute atomic E-state index is 1.16. The summed E-state index contributed by atoms with van der Waals surface area (Å²) in [5.41, 5.74) is 5.00. The first-order chi connectivity index (χ1) is 7.25. The zero-order valence-electron chi connectivity index (χ0n) is 8.83. The summed E-state index contributed by atoms with van der Waals surface area (Å²) in [7, 11) is 0. The van der Waals surface area contributed by atoms with Crippen LogP contribution in [0.5, 0.6) is 0 Å². The maximum Gasteiger partial charge on any atom is 0.0495 e. The molecule has 0 bridgehead atoms. The van der Waals surface area contributed by atoms with Gasteiger partial charge in [0.2, 0.25) is 0 Å². The van der Waals surface area contributed by atoms with Crippen LogP contribution in [0.4, 0.5) is 0 Å². The van der Waals surface area contributed by atoms with Gasteiger partial charge in [-0.25, -0.2) is 0 Å². The Labute approximate surface area is 88.0 Å². The van der Waals surface area contributed by atoms with Crippen LogP contribution in [0.2, 0.25) is 0 Å². The summed E-state index contributed by atoms with van der Waals surface area (Å²) in [6.07, 6.45) is 3.74. The van der Waals surface area contributed by atoms with Crippen LogP contribution in [0.25, 0.3) is 21.8 Å². The lowest BCUT2D eigenvalue weighted by Crippen LogP contribution is -1.79. The molecule has 2 heteroatoms. The van der Waals surface area contributed by atoms with Gasteiger partial charge in [0.05, 0.1) is 0 Å². The van der Waals surface area contributed by atoms with E-state index in [-0.39, 0.29) is 0 Å². The first-order valence-electron chi connectivity index (χ1n) is 5.08. The second kappa shape index (κ2) is 2.83. The largest absolute Gasteiger partial charge is 0.354 e. The smallest absolute Gasteiger partial charge is 0.0495 e. The third kappa shape index (κ3) is 1.14. The number of H-pyrrole nitrogens is 1. The molecule has 2 nitrogen and oxygen atoms in total. The second-order valence-corrected chi connectivity index (χ2v) is 4.03. The van der Waals surface area contributed by atoms with Gasteiger partial charge in [0, 0.05) is 34.2 Å². The van der Waals surface area contributed by atoms with Crippen molar-refractivity contribution in [3.8, 4) is 0 Å². The molecule has 3 rings (SSSR count). The van der Waals surface area contributed by atoms with Gasteiger partial charge in [-0.3, -0.25) is 4.98 Å². The van der Waals surface area contributed by atoms with E-state index < -0.39 is 0 Å². The van der Waals surface area contributed by atoms with Crippen LogP contribution in [-0.2, 0) is 0 Å². The number of pyridine rings is 1. The van der Waals surface area contributed by atoms with Gasteiger partial charge in [0.25, 0.3) is 0 Å². The van der Waals surface area contributed by atoms with Gasteiger partial charge < -0.3 is 4.98 Å². The van der Waals surface area contributed by atoms with Crippen molar-refractivity contribution in [1.82, 2.24) is 9.97 Å². The predicted octanol–water partition coefficient (Wildman–Crippen LogP) is 3.33. The highest BCUT2D eigenvalue weighted by molar-refractivity contribution is 6.07. The molecule has 0 unspecified atom stereocenters. The first-order valence-corrected chi connectivity index (χ1v) is 5.08. The van der Waals surface area contributed by atoms with E-state index in [1.54, 1.807) is 0 Å². The zero-order valence-corrected chi connectivity index (χ0v) is 8.83. The van der Waals surface area contributed by atoms with Crippen molar-refractivity contribution >= 4 is 21.8 Å². The lowest BCUT2D eigenvalue weighted by molar-refractivity contribution is 1.35. The fraction of sp³-hybridized carbons (Fsp3) is 0.154. The van der Waals surface area contributed by atoms with E-state index in [4.69, 9.17) is 0 Å². The van der Waals surface area contributed by atoms with Gasteiger partial charge in [0.1, 0.15) is 0 Å². The lowest BCUT2D eigenvalue weighted by Gasteiger charge is -1.99. The number of aromatic amines is 1. The van der Waals surface area contributed by atoms with Crippen molar-refractivity contribution in [2.45, 2.75) is 13.8 Å². The SMILES string of the molecule is Cc1cc2[nH]c3ccncc3c2cc1C. The summed E-state index contributed by atoms with van der Waals surface area (Å²) < 4.78 is 0. The molecular weight excluding hydrogens is 184 g/mol. The van der Waals surface area contributed by atoms with Gasteiger partial charge in [-0.1, -0.05) is 0 Å². The van der Waals surface area contributed by atoms with Crippen LogP contribution < -0.4 is 0 Å². The normalized spacial score (nSPS) is 11.3. The standard InChI is InChI=1S/C13H12N2/c1-8-5-10-11-7-14-4-3-12(11)15-13(10)6-9(8)2/h3-7,15H,1-2H3. The Morgan fingerprint density at radius 2 is 1.80 bits per heavy atom. The summed E-state index contributed by atoms with van der Waals surface area (Å²) in [5, 5.41) is 2.47. The number of fused-ring (bicyclic) bond motifs is 3. The number of rotatable bonds is 0. The second-order valence-electron chi connectivity index (χ2n) is 4.03. The monoisotopic (exact) mass is 196 g/mol. The molecule has 3 aromatic rings. The minimum Gasteiger partial charge on any atom is -0.354 e. The fourth-order valence-corrected chi connectivity index (χ4v) is 2.01. The van der Waals surface area contributed by atoms with Crippen LogP contribution in [0.15, 0.2) is 30.6 Å². The third-order valence-corrected chi connectivity index (χ3v) is 3.01. The van der Waals surface area contributed by atoms with E-state index in [0.29, 0.717) is 0 Å². The van der Waals surface area contributed by atoms with Crippen molar-refractivity contribution in [3.63, 3.8) is 0 Å². The molecule has 74 valence electrons. The maximum absolute atomic E-state index is 4.17. The maximum atomic E-state index is 4.17. The van der Waals surface area contributed by atoms with Crippen LogP contribution in [0, 0.1) is 13.8 Å². The molecule has 2 aromatic heterocycles. The van der Waals surface area contributed by atoms with E-state index in [9.17, 15) is 0 Å². The van der Waals surface area contributed by atoms with Crippen molar-refractivity contribution in [1.29, 1.82) is 0 Å². The van der Waals surface area contributed by atoms with Gasteiger partial charge in [-0.2, -0.15) is 0 Å². The summed E-state index contributed by atoms with van der Waals surface area (Å²) in [5.74, 6) is 0. The Morgan fingerprint density at radius 1 is 1.00 bits per heavy atom. The van der Waals surface area contributed by atoms with E-state index in [1.807, 2.05) is 18.5 Å². The van der Waals surface area contributed by atoms with E-state index in [1.165, 1.54) is 27.4 Å². The highest BCUT2D eigenvalue weighted by Crippen LogP contribution is 2.26. The summed E-state index contributed by atoms with van der Waals surface area (Å²) in [6.45, 7) is 4.28. The number of aryl methyl sites for hydroxylation is 2. The predicted molar refractivity (Wildman–Crippen MR) is 63.1 cm³/mol. The highest BCUT2D eigenvalue weighted by Gasteiger charge is 2.05. The molecule has 0 atom stereocenters.